The Labute approximate surface area is 165 Å². The van der Waals surface area contributed by atoms with Gasteiger partial charge in [-0.05, 0) is 50.1 Å². The van der Waals surface area contributed by atoms with Crippen LogP contribution in [0, 0.1) is 5.92 Å². The highest BCUT2D eigenvalue weighted by Crippen LogP contribution is 2.29. The van der Waals surface area contributed by atoms with E-state index >= 15 is 0 Å². The van der Waals surface area contributed by atoms with Crippen LogP contribution in [0.2, 0.25) is 5.02 Å². The molecule has 0 fully saturated rings. The number of rotatable bonds is 7. The van der Waals surface area contributed by atoms with Crippen molar-refractivity contribution in [3.63, 3.8) is 0 Å². The first kappa shape index (κ1) is 21.3. The molecule has 0 atom stereocenters. The van der Waals surface area contributed by atoms with Gasteiger partial charge in [0.25, 0.3) is 5.91 Å². The lowest BCUT2D eigenvalue weighted by atomic mass is 10.2. The van der Waals surface area contributed by atoms with Crippen molar-refractivity contribution in [1.29, 1.82) is 0 Å². The van der Waals surface area contributed by atoms with E-state index in [-0.39, 0.29) is 10.5 Å². The van der Waals surface area contributed by atoms with Gasteiger partial charge in [-0.25, -0.2) is 8.42 Å². The molecule has 0 radical (unpaired) electrons. The zero-order valence-electron chi connectivity index (χ0n) is 15.8. The third kappa shape index (κ3) is 5.23. The lowest BCUT2D eigenvalue weighted by molar-refractivity contribution is 0.102. The minimum atomic E-state index is -3.58. The first-order valence-electron chi connectivity index (χ1n) is 8.69. The highest BCUT2D eigenvalue weighted by Gasteiger charge is 2.25. The molecular formula is C20H24ClNO4S. The molecule has 2 rings (SSSR count). The van der Waals surface area contributed by atoms with E-state index in [1.165, 1.54) is 12.1 Å². The molecule has 1 N–H and O–H groups in total. The smallest absolute Gasteiger partial charge is 0.256 e. The molecule has 27 heavy (non-hydrogen) atoms. The summed E-state index contributed by atoms with van der Waals surface area (Å²) in [4.78, 5) is 12.7. The van der Waals surface area contributed by atoms with Crippen LogP contribution in [0.1, 0.15) is 38.1 Å². The summed E-state index contributed by atoms with van der Waals surface area (Å²) in [6.45, 7) is 7.77. The fourth-order valence-electron chi connectivity index (χ4n) is 2.31. The Balaban J connectivity index is 2.25. The summed E-state index contributed by atoms with van der Waals surface area (Å²) >= 11 is 6.22. The summed E-state index contributed by atoms with van der Waals surface area (Å²) in [7, 11) is -3.58. The fourth-order valence-corrected chi connectivity index (χ4v) is 3.79. The zero-order chi connectivity index (χ0) is 20.2. The Hall–Kier alpha value is -2.05. The van der Waals surface area contributed by atoms with Crippen molar-refractivity contribution in [3.8, 4) is 5.75 Å². The number of halogens is 1. The lowest BCUT2D eigenvalue weighted by Crippen LogP contribution is -2.20. The van der Waals surface area contributed by atoms with Crippen molar-refractivity contribution in [2.45, 2.75) is 37.8 Å². The number of carbonyl (C=O) groups excluding carboxylic acids is 1. The van der Waals surface area contributed by atoms with E-state index in [2.05, 4.69) is 5.32 Å². The van der Waals surface area contributed by atoms with Crippen molar-refractivity contribution in [3.05, 3.63) is 53.1 Å². The van der Waals surface area contributed by atoms with E-state index < -0.39 is 21.0 Å². The predicted octanol–water partition coefficient (Wildman–Crippen LogP) is 4.81. The summed E-state index contributed by atoms with van der Waals surface area (Å²) < 4.78 is 30.6. The molecule has 0 saturated carbocycles. The van der Waals surface area contributed by atoms with Gasteiger partial charge in [-0.3, -0.25) is 4.79 Å². The summed E-state index contributed by atoms with van der Waals surface area (Å²) in [5.74, 6) is 0.382. The monoisotopic (exact) mass is 409 g/mol. The van der Waals surface area contributed by atoms with E-state index in [0.29, 0.717) is 29.0 Å². The van der Waals surface area contributed by atoms with Crippen molar-refractivity contribution in [2.75, 3.05) is 11.9 Å². The standard InChI is InChI=1S/C20H24ClNO4S/c1-13(2)12-26-18-10-9-15(11-17(18)21)22-20(23)16-7-5-6-8-19(16)27(24,25)14(3)4/h5-11,13-14H,12H2,1-4H3,(H,22,23). The zero-order valence-corrected chi connectivity index (χ0v) is 17.4. The SMILES string of the molecule is CC(C)COc1ccc(NC(=O)c2ccccc2S(=O)(=O)C(C)C)cc1Cl. The maximum Gasteiger partial charge on any atom is 0.256 e. The summed E-state index contributed by atoms with van der Waals surface area (Å²) in [5, 5.41) is 2.44. The van der Waals surface area contributed by atoms with E-state index in [9.17, 15) is 13.2 Å². The van der Waals surface area contributed by atoms with Crippen molar-refractivity contribution in [2.24, 2.45) is 5.92 Å². The molecule has 0 spiro atoms. The van der Waals surface area contributed by atoms with Crippen LogP contribution in [-0.4, -0.2) is 26.2 Å². The largest absolute Gasteiger partial charge is 0.492 e. The molecule has 2 aromatic rings. The summed E-state index contributed by atoms with van der Waals surface area (Å²) in [6, 6.07) is 11.1. The number of hydrogen-bond donors (Lipinski definition) is 1. The van der Waals surface area contributed by atoms with Gasteiger partial charge in [0, 0.05) is 5.69 Å². The number of hydrogen-bond acceptors (Lipinski definition) is 4. The van der Waals surface area contributed by atoms with Gasteiger partial charge in [0.2, 0.25) is 0 Å². The van der Waals surface area contributed by atoms with Crippen LogP contribution in [0.4, 0.5) is 5.69 Å². The Morgan fingerprint density at radius 1 is 1.11 bits per heavy atom. The van der Waals surface area contributed by atoms with Crippen LogP contribution in [0.15, 0.2) is 47.4 Å². The van der Waals surface area contributed by atoms with Crippen LogP contribution in [-0.2, 0) is 9.84 Å². The number of carbonyl (C=O) groups is 1. The second-order valence-corrected chi connectivity index (χ2v) is 9.77. The number of nitrogens with one attached hydrogen (secondary N) is 1. The first-order chi connectivity index (χ1) is 12.6. The number of benzene rings is 2. The highest BCUT2D eigenvalue weighted by molar-refractivity contribution is 7.92. The molecule has 1 amide bonds. The third-order valence-corrected chi connectivity index (χ3v) is 6.33. The van der Waals surface area contributed by atoms with Gasteiger partial charge in [0.05, 0.1) is 27.3 Å². The molecule has 146 valence electrons. The number of sulfone groups is 1. The Kier molecular flexibility index (Phi) is 6.89. The predicted molar refractivity (Wildman–Crippen MR) is 109 cm³/mol. The van der Waals surface area contributed by atoms with Crippen LogP contribution in [0.3, 0.4) is 0 Å². The molecular weight excluding hydrogens is 386 g/mol. The minimum absolute atomic E-state index is 0.0143. The number of anilines is 1. The van der Waals surface area contributed by atoms with E-state index in [4.69, 9.17) is 16.3 Å². The molecule has 0 aromatic heterocycles. The maximum absolute atomic E-state index is 12.7. The molecule has 0 aliphatic rings. The number of amides is 1. The molecule has 5 nitrogen and oxygen atoms in total. The Bertz CT molecular complexity index is 923. The third-order valence-electron chi connectivity index (χ3n) is 3.82. The van der Waals surface area contributed by atoms with E-state index in [1.807, 2.05) is 13.8 Å². The minimum Gasteiger partial charge on any atom is -0.492 e. The molecule has 2 aromatic carbocycles. The Morgan fingerprint density at radius 3 is 2.37 bits per heavy atom. The molecule has 0 unspecified atom stereocenters. The molecule has 0 aliphatic carbocycles. The lowest BCUT2D eigenvalue weighted by Gasteiger charge is -2.14. The number of ether oxygens (including phenoxy) is 1. The second-order valence-electron chi connectivity index (χ2n) is 6.89. The molecule has 0 saturated heterocycles. The van der Waals surface area contributed by atoms with Gasteiger partial charge in [-0.15, -0.1) is 0 Å². The van der Waals surface area contributed by atoms with Crippen molar-refractivity contribution < 1.29 is 17.9 Å². The van der Waals surface area contributed by atoms with Crippen LogP contribution < -0.4 is 10.1 Å². The van der Waals surface area contributed by atoms with Gasteiger partial charge in [-0.1, -0.05) is 37.6 Å². The van der Waals surface area contributed by atoms with E-state index in [0.717, 1.165) is 0 Å². The highest BCUT2D eigenvalue weighted by atomic mass is 35.5. The van der Waals surface area contributed by atoms with Crippen LogP contribution >= 0.6 is 11.6 Å². The topological polar surface area (TPSA) is 72.5 Å². The van der Waals surface area contributed by atoms with Gasteiger partial charge in [-0.2, -0.15) is 0 Å². The molecule has 0 aliphatic heterocycles. The van der Waals surface area contributed by atoms with Crippen molar-refractivity contribution >= 4 is 33.0 Å². The van der Waals surface area contributed by atoms with Gasteiger partial charge in [0.1, 0.15) is 5.75 Å². The second kappa shape index (κ2) is 8.76. The van der Waals surface area contributed by atoms with Crippen LogP contribution in [0.5, 0.6) is 5.75 Å². The molecule has 0 bridgehead atoms. The fraction of sp³-hybridized carbons (Fsp3) is 0.350. The first-order valence-corrected chi connectivity index (χ1v) is 10.6. The summed E-state index contributed by atoms with van der Waals surface area (Å²) in [6.07, 6.45) is 0. The average Bonchev–Trinajstić information content (AvgIpc) is 2.60. The molecule has 0 heterocycles. The van der Waals surface area contributed by atoms with Crippen molar-refractivity contribution in [1.82, 2.24) is 0 Å². The average molecular weight is 410 g/mol. The normalized spacial score (nSPS) is 11.7. The Morgan fingerprint density at radius 2 is 1.78 bits per heavy atom. The van der Waals surface area contributed by atoms with Gasteiger partial charge < -0.3 is 10.1 Å². The van der Waals surface area contributed by atoms with Gasteiger partial charge >= 0.3 is 0 Å². The quantitative estimate of drug-likeness (QED) is 0.712. The van der Waals surface area contributed by atoms with E-state index in [1.54, 1.807) is 44.2 Å². The maximum atomic E-state index is 12.7. The molecule has 7 heteroatoms. The van der Waals surface area contributed by atoms with Crippen LogP contribution in [0.25, 0.3) is 0 Å². The van der Waals surface area contributed by atoms with Gasteiger partial charge in [0.15, 0.2) is 9.84 Å². The summed E-state index contributed by atoms with van der Waals surface area (Å²) in [5.41, 5.74) is 0.557.